The van der Waals surface area contributed by atoms with E-state index in [2.05, 4.69) is 33.9 Å². The van der Waals surface area contributed by atoms with E-state index in [1.807, 2.05) is 13.0 Å². The van der Waals surface area contributed by atoms with Crippen LogP contribution in [-0.2, 0) is 9.53 Å². The Kier molecular flexibility index (Phi) is 5.55. The summed E-state index contributed by atoms with van der Waals surface area (Å²) in [7, 11) is 1.40. The average Bonchev–Trinajstić information content (AvgIpc) is 2.36. The second-order valence-electron chi connectivity index (χ2n) is 4.73. The van der Waals surface area contributed by atoms with Crippen molar-refractivity contribution < 1.29 is 9.53 Å². The maximum Gasteiger partial charge on any atom is 0.305 e. The van der Waals surface area contributed by atoms with Gasteiger partial charge in [0.1, 0.15) is 0 Å². The van der Waals surface area contributed by atoms with E-state index < -0.39 is 0 Å². The Labute approximate surface area is 108 Å². The molecular weight excluding hydrogens is 230 g/mol. The van der Waals surface area contributed by atoms with Crippen LogP contribution >= 0.6 is 0 Å². The highest BCUT2D eigenvalue weighted by Crippen LogP contribution is 2.12. The van der Waals surface area contributed by atoms with Crippen LogP contribution in [0.15, 0.2) is 12.3 Å². The highest BCUT2D eigenvalue weighted by atomic mass is 16.5. The molecule has 1 heterocycles. The third kappa shape index (κ3) is 4.69. The van der Waals surface area contributed by atoms with Crippen LogP contribution in [0.4, 0.5) is 5.95 Å². The lowest BCUT2D eigenvalue weighted by Crippen LogP contribution is -2.17. The van der Waals surface area contributed by atoms with E-state index in [0.717, 1.165) is 5.69 Å². The molecule has 1 rings (SSSR count). The van der Waals surface area contributed by atoms with Gasteiger partial charge in [-0.3, -0.25) is 4.79 Å². The van der Waals surface area contributed by atoms with Crippen molar-refractivity contribution in [2.75, 3.05) is 19.0 Å². The predicted octanol–water partition coefficient (Wildman–Crippen LogP) is 2.21. The lowest BCUT2D eigenvalue weighted by Gasteiger charge is -2.12. The number of nitrogens with one attached hydrogen (secondary N) is 1. The molecule has 5 heteroatoms. The van der Waals surface area contributed by atoms with Crippen molar-refractivity contribution in [3.63, 3.8) is 0 Å². The normalized spacial score (nSPS) is 12.3. The van der Waals surface area contributed by atoms with Crippen molar-refractivity contribution >= 4 is 11.9 Å². The summed E-state index contributed by atoms with van der Waals surface area (Å²) < 4.78 is 4.63. The second-order valence-corrected chi connectivity index (χ2v) is 4.73. The molecule has 1 N–H and O–H groups in total. The van der Waals surface area contributed by atoms with Crippen molar-refractivity contribution in [3.8, 4) is 0 Å². The molecule has 5 nitrogen and oxygen atoms in total. The van der Waals surface area contributed by atoms with Crippen molar-refractivity contribution in [1.82, 2.24) is 9.97 Å². The predicted molar refractivity (Wildman–Crippen MR) is 70.4 cm³/mol. The van der Waals surface area contributed by atoms with Crippen LogP contribution in [0.3, 0.4) is 0 Å². The Morgan fingerprint density at radius 3 is 2.78 bits per heavy atom. The summed E-state index contributed by atoms with van der Waals surface area (Å²) in [6.07, 6.45) is 2.14. The lowest BCUT2D eigenvalue weighted by atomic mass is 10.1. The number of hydrogen-bond acceptors (Lipinski definition) is 5. The molecule has 18 heavy (non-hydrogen) atoms. The molecule has 0 unspecified atom stereocenters. The van der Waals surface area contributed by atoms with Crippen LogP contribution in [0, 0.1) is 5.92 Å². The fourth-order valence-electron chi connectivity index (χ4n) is 1.48. The summed E-state index contributed by atoms with van der Waals surface area (Å²) in [6.45, 7) is 6.81. The molecule has 1 atom stereocenters. The van der Waals surface area contributed by atoms with Crippen molar-refractivity contribution in [3.05, 3.63) is 18.0 Å². The minimum absolute atomic E-state index is 0.184. The van der Waals surface area contributed by atoms with Crippen LogP contribution in [0.2, 0.25) is 0 Å². The number of anilines is 1. The zero-order valence-electron chi connectivity index (χ0n) is 11.4. The Bertz CT molecular complexity index is 394. The first-order valence-electron chi connectivity index (χ1n) is 6.16. The molecular formula is C13H21N3O2. The molecule has 0 spiro atoms. The molecule has 0 aliphatic carbocycles. The number of hydrogen-bond donors (Lipinski definition) is 1. The minimum atomic E-state index is -0.193. The number of nitrogens with zero attached hydrogens (tertiary/aromatic N) is 2. The van der Waals surface area contributed by atoms with Gasteiger partial charge >= 0.3 is 5.97 Å². The van der Waals surface area contributed by atoms with E-state index in [1.54, 1.807) is 6.20 Å². The van der Waals surface area contributed by atoms with Crippen molar-refractivity contribution in [2.24, 2.45) is 5.92 Å². The summed E-state index contributed by atoms with van der Waals surface area (Å²) in [5.74, 6) is 0.976. The van der Waals surface area contributed by atoms with Gasteiger partial charge in [-0.2, -0.15) is 0 Å². The van der Waals surface area contributed by atoms with Crippen LogP contribution in [-0.4, -0.2) is 29.6 Å². The van der Waals surface area contributed by atoms with E-state index >= 15 is 0 Å². The average molecular weight is 251 g/mol. The third-order valence-electron chi connectivity index (χ3n) is 2.62. The number of methoxy groups -OCH3 is 1. The molecule has 0 saturated heterocycles. The van der Waals surface area contributed by atoms with Crippen LogP contribution in [0.25, 0.3) is 0 Å². The van der Waals surface area contributed by atoms with Crippen LogP contribution in [0.1, 0.15) is 38.8 Å². The highest BCUT2D eigenvalue weighted by Gasteiger charge is 2.10. The molecule has 0 saturated carbocycles. The van der Waals surface area contributed by atoms with Gasteiger partial charge in [0, 0.05) is 24.9 Å². The third-order valence-corrected chi connectivity index (χ3v) is 2.62. The first-order valence-corrected chi connectivity index (χ1v) is 6.16. The molecule has 0 aliphatic heterocycles. The molecule has 1 aromatic heterocycles. The molecule has 0 amide bonds. The number of carbonyl (C=O) groups is 1. The molecule has 0 radical (unpaired) electrons. The Hall–Kier alpha value is -1.65. The highest BCUT2D eigenvalue weighted by molar-refractivity contribution is 5.69. The number of aromatic nitrogens is 2. The van der Waals surface area contributed by atoms with Crippen LogP contribution < -0.4 is 5.32 Å². The fourth-order valence-corrected chi connectivity index (χ4v) is 1.48. The molecule has 0 aliphatic rings. The zero-order valence-corrected chi connectivity index (χ0v) is 11.4. The van der Waals surface area contributed by atoms with E-state index in [-0.39, 0.29) is 11.9 Å². The van der Waals surface area contributed by atoms with Gasteiger partial charge in [0.15, 0.2) is 0 Å². The monoisotopic (exact) mass is 251 g/mol. The van der Waals surface area contributed by atoms with Gasteiger partial charge < -0.3 is 10.1 Å². The van der Waals surface area contributed by atoms with Gasteiger partial charge in [-0.1, -0.05) is 20.8 Å². The van der Waals surface area contributed by atoms with Gasteiger partial charge in [0.25, 0.3) is 0 Å². The number of carbonyl (C=O) groups excluding carboxylic acids is 1. The summed E-state index contributed by atoms with van der Waals surface area (Å²) in [5, 5.41) is 3.14. The topological polar surface area (TPSA) is 64.1 Å². The first-order chi connectivity index (χ1) is 8.52. The fraction of sp³-hybridized carbons (Fsp3) is 0.615. The smallest absolute Gasteiger partial charge is 0.305 e. The Balaban J connectivity index is 2.48. The quantitative estimate of drug-likeness (QED) is 0.785. The second kappa shape index (κ2) is 6.93. The Morgan fingerprint density at radius 2 is 2.17 bits per heavy atom. The number of ether oxygens (including phenoxy) is 1. The standard InChI is InChI=1S/C13H21N3O2/c1-9(2)11-5-6-14-13(16-11)15-8-10(3)7-12(17)18-4/h5-6,9-10H,7-8H2,1-4H3,(H,14,15,16)/t10-/m0/s1. The van der Waals surface area contributed by atoms with Gasteiger partial charge in [0.2, 0.25) is 5.95 Å². The van der Waals surface area contributed by atoms with Gasteiger partial charge in [-0.05, 0) is 17.9 Å². The largest absolute Gasteiger partial charge is 0.469 e. The SMILES string of the molecule is COC(=O)C[C@H](C)CNc1nccc(C(C)C)n1. The molecule has 0 aromatic carbocycles. The molecule has 100 valence electrons. The van der Waals surface area contributed by atoms with Crippen molar-refractivity contribution in [1.29, 1.82) is 0 Å². The van der Waals surface area contributed by atoms with E-state index in [1.165, 1.54) is 7.11 Å². The van der Waals surface area contributed by atoms with Gasteiger partial charge in [-0.25, -0.2) is 9.97 Å². The summed E-state index contributed by atoms with van der Waals surface area (Å²) in [5.41, 5.74) is 1.01. The summed E-state index contributed by atoms with van der Waals surface area (Å²) in [6, 6.07) is 1.91. The first kappa shape index (κ1) is 14.4. The zero-order chi connectivity index (χ0) is 13.5. The van der Waals surface area contributed by atoms with Crippen LogP contribution in [0.5, 0.6) is 0 Å². The number of rotatable bonds is 6. The number of esters is 1. The maximum absolute atomic E-state index is 11.1. The van der Waals surface area contributed by atoms with Crippen molar-refractivity contribution in [2.45, 2.75) is 33.1 Å². The molecule has 0 bridgehead atoms. The Morgan fingerprint density at radius 1 is 1.44 bits per heavy atom. The maximum atomic E-state index is 11.1. The summed E-state index contributed by atoms with van der Waals surface area (Å²) in [4.78, 5) is 19.7. The summed E-state index contributed by atoms with van der Waals surface area (Å²) >= 11 is 0. The van der Waals surface area contributed by atoms with E-state index in [4.69, 9.17) is 0 Å². The van der Waals surface area contributed by atoms with Gasteiger partial charge in [-0.15, -0.1) is 0 Å². The van der Waals surface area contributed by atoms with Gasteiger partial charge in [0.05, 0.1) is 7.11 Å². The molecule has 0 fully saturated rings. The van der Waals surface area contributed by atoms with E-state index in [0.29, 0.717) is 24.8 Å². The van der Waals surface area contributed by atoms with E-state index in [9.17, 15) is 4.79 Å². The molecule has 1 aromatic rings. The lowest BCUT2D eigenvalue weighted by molar-refractivity contribution is -0.141. The minimum Gasteiger partial charge on any atom is -0.469 e.